The van der Waals surface area contributed by atoms with E-state index in [1.54, 1.807) is 18.7 Å². The van der Waals surface area contributed by atoms with Gasteiger partial charge in [-0.3, -0.25) is 19.3 Å². The molecule has 0 radical (unpaired) electrons. The summed E-state index contributed by atoms with van der Waals surface area (Å²) in [5.74, 6) is -0.615. The summed E-state index contributed by atoms with van der Waals surface area (Å²) in [5.41, 5.74) is 1.96. The molecule has 33 heavy (non-hydrogen) atoms. The van der Waals surface area contributed by atoms with E-state index in [0.717, 1.165) is 17.5 Å². The number of nitrogens with zero attached hydrogens (tertiary/aromatic N) is 4. The Morgan fingerprint density at radius 1 is 0.970 bits per heavy atom. The monoisotopic (exact) mass is 442 g/mol. The Labute approximate surface area is 192 Å². The van der Waals surface area contributed by atoms with E-state index in [0.29, 0.717) is 19.6 Å². The second-order valence-electron chi connectivity index (χ2n) is 8.79. The van der Waals surface area contributed by atoms with Gasteiger partial charge in [-0.1, -0.05) is 54.6 Å². The SMILES string of the molecule is O=C(C[C@]1(c2ccccc2)CC(=O)N(CCn2ccnc2)C1=O)N1CCc2ccccc2C1. The highest BCUT2D eigenvalue weighted by molar-refractivity contribution is 6.10. The Hall–Kier alpha value is -3.74. The molecule has 0 bridgehead atoms. The maximum absolute atomic E-state index is 13.7. The van der Waals surface area contributed by atoms with Crippen LogP contribution in [0.4, 0.5) is 0 Å². The van der Waals surface area contributed by atoms with Gasteiger partial charge in [0.15, 0.2) is 0 Å². The molecule has 2 aliphatic rings. The Morgan fingerprint density at radius 2 is 1.73 bits per heavy atom. The van der Waals surface area contributed by atoms with Crippen LogP contribution in [-0.2, 0) is 39.3 Å². The Balaban J connectivity index is 1.40. The van der Waals surface area contributed by atoms with E-state index in [4.69, 9.17) is 0 Å². The first kappa shape index (κ1) is 21.1. The van der Waals surface area contributed by atoms with Crippen LogP contribution in [0.5, 0.6) is 0 Å². The molecule has 1 atom stereocenters. The minimum atomic E-state index is -1.17. The summed E-state index contributed by atoms with van der Waals surface area (Å²) in [5, 5.41) is 0. The third kappa shape index (κ3) is 3.95. The van der Waals surface area contributed by atoms with E-state index in [9.17, 15) is 14.4 Å². The van der Waals surface area contributed by atoms with Crippen molar-refractivity contribution in [3.63, 3.8) is 0 Å². The molecule has 1 aromatic heterocycles. The molecule has 0 saturated carbocycles. The van der Waals surface area contributed by atoms with Gasteiger partial charge >= 0.3 is 0 Å². The second-order valence-corrected chi connectivity index (χ2v) is 8.79. The topological polar surface area (TPSA) is 75.5 Å². The summed E-state index contributed by atoms with van der Waals surface area (Å²) >= 11 is 0. The molecule has 0 aliphatic carbocycles. The first-order chi connectivity index (χ1) is 16.1. The lowest BCUT2D eigenvalue weighted by Gasteiger charge is -2.33. The average molecular weight is 443 g/mol. The number of benzene rings is 2. The van der Waals surface area contributed by atoms with Crippen molar-refractivity contribution in [3.8, 4) is 0 Å². The molecule has 7 nitrogen and oxygen atoms in total. The van der Waals surface area contributed by atoms with Crippen LogP contribution in [0.1, 0.15) is 29.5 Å². The smallest absolute Gasteiger partial charge is 0.240 e. The first-order valence-corrected chi connectivity index (χ1v) is 11.3. The number of likely N-dealkylation sites (tertiary alicyclic amines) is 1. The fourth-order valence-corrected chi connectivity index (χ4v) is 4.96. The van der Waals surface area contributed by atoms with Crippen molar-refractivity contribution < 1.29 is 14.4 Å². The van der Waals surface area contributed by atoms with Crippen LogP contribution >= 0.6 is 0 Å². The highest BCUT2D eigenvalue weighted by Crippen LogP contribution is 2.40. The van der Waals surface area contributed by atoms with Gasteiger partial charge in [0.05, 0.1) is 11.7 Å². The number of amides is 3. The van der Waals surface area contributed by atoms with Crippen molar-refractivity contribution >= 4 is 17.7 Å². The van der Waals surface area contributed by atoms with Crippen molar-refractivity contribution in [3.05, 3.63) is 90.0 Å². The van der Waals surface area contributed by atoms with Gasteiger partial charge in [0.2, 0.25) is 17.7 Å². The highest BCUT2D eigenvalue weighted by Gasteiger charge is 2.54. The number of fused-ring (bicyclic) bond motifs is 1. The molecule has 0 N–H and O–H groups in total. The second kappa shape index (κ2) is 8.65. The Bertz CT molecular complexity index is 1180. The quantitative estimate of drug-likeness (QED) is 0.550. The molecule has 2 aliphatic heterocycles. The third-order valence-electron chi connectivity index (χ3n) is 6.81. The van der Waals surface area contributed by atoms with Gasteiger partial charge in [0.25, 0.3) is 0 Å². The van der Waals surface area contributed by atoms with Gasteiger partial charge in [0, 0.05) is 51.4 Å². The van der Waals surface area contributed by atoms with Crippen LogP contribution < -0.4 is 0 Å². The number of rotatable bonds is 6. The zero-order chi connectivity index (χ0) is 22.8. The molecule has 5 rings (SSSR count). The molecule has 2 aromatic carbocycles. The summed E-state index contributed by atoms with van der Waals surface area (Å²) in [6, 6.07) is 17.4. The van der Waals surface area contributed by atoms with Gasteiger partial charge in [-0.15, -0.1) is 0 Å². The lowest BCUT2D eigenvalue weighted by molar-refractivity contribution is -0.143. The molecular formula is C26H26N4O3. The summed E-state index contributed by atoms with van der Waals surface area (Å²) in [6.07, 6.45) is 5.92. The lowest BCUT2D eigenvalue weighted by Crippen LogP contribution is -2.45. The minimum absolute atomic E-state index is 0.00860. The summed E-state index contributed by atoms with van der Waals surface area (Å²) in [7, 11) is 0. The standard InChI is InChI=1S/C26H26N4O3/c31-23(29-12-10-20-6-4-5-7-21(20)18-29)16-26(22-8-2-1-3-9-22)17-24(32)30(25(26)33)15-14-28-13-11-27-19-28/h1-9,11,13,19H,10,12,14-18H2/t26-/m1/s1. The number of carbonyl (C=O) groups excluding carboxylic acids is 3. The zero-order valence-electron chi connectivity index (χ0n) is 18.4. The Morgan fingerprint density at radius 3 is 2.48 bits per heavy atom. The number of imidazole rings is 1. The number of imide groups is 1. The molecule has 0 unspecified atom stereocenters. The van der Waals surface area contributed by atoms with Crippen LogP contribution in [0.25, 0.3) is 0 Å². The van der Waals surface area contributed by atoms with E-state index in [2.05, 4.69) is 11.1 Å². The van der Waals surface area contributed by atoms with Crippen LogP contribution in [0.2, 0.25) is 0 Å². The molecule has 168 valence electrons. The molecule has 3 heterocycles. The number of hydrogen-bond donors (Lipinski definition) is 0. The van der Waals surface area contributed by atoms with Gasteiger partial charge < -0.3 is 9.47 Å². The third-order valence-corrected chi connectivity index (χ3v) is 6.81. The van der Waals surface area contributed by atoms with E-state index in [1.807, 2.05) is 58.0 Å². The zero-order valence-corrected chi connectivity index (χ0v) is 18.4. The molecular weight excluding hydrogens is 416 g/mol. The largest absolute Gasteiger partial charge is 0.338 e. The van der Waals surface area contributed by atoms with Crippen LogP contribution in [0.3, 0.4) is 0 Å². The van der Waals surface area contributed by atoms with Crippen molar-refractivity contribution in [1.82, 2.24) is 19.4 Å². The molecule has 1 fully saturated rings. The molecule has 1 saturated heterocycles. The van der Waals surface area contributed by atoms with Crippen molar-refractivity contribution in [2.24, 2.45) is 0 Å². The van der Waals surface area contributed by atoms with E-state index >= 15 is 0 Å². The predicted molar refractivity (Wildman–Crippen MR) is 122 cm³/mol. The Kier molecular flexibility index (Phi) is 5.54. The normalized spacial score (nSPS) is 20.2. The fraction of sp³-hybridized carbons (Fsp3) is 0.308. The van der Waals surface area contributed by atoms with Crippen molar-refractivity contribution in [2.75, 3.05) is 13.1 Å². The highest BCUT2D eigenvalue weighted by atomic mass is 16.2. The van der Waals surface area contributed by atoms with Crippen LogP contribution in [0.15, 0.2) is 73.3 Å². The van der Waals surface area contributed by atoms with Gasteiger partial charge in [-0.05, 0) is 23.1 Å². The minimum Gasteiger partial charge on any atom is -0.338 e. The summed E-state index contributed by atoms with van der Waals surface area (Å²) in [4.78, 5) is 47.4. The van der Waals surface area contributed by atoms with Crippen molar-refractivity contribution in [2.45, 2.75) is 37.8 Å². The van der Waals surface area contributed by atoms with Crippen LogP contribution in [0, 0.1) is 0 Å². The maximum Gasteiger partial charge on any atom is 0.240 e. The lowest BCUT2D eigenvalue weighted by atomic mass is 9.75. The molecule has 3 amide bonds. The van der Waals surface area contributed by atoms with Crippen molar-refractivity contribution in [1.29, 1.82) is 0 Å². The van der Waals surface area contributed by atoms with E-state index in [-0.39, 0.29) is 37.1 Å². The fourth-order valence-electron chi connectivity index (χ4n) is 4.96. The number of carbonyl (C=O) groups is 3. The van der Waals surface area contributed by atoms with E-state index in [1.165, 1.54) is 10.5 Å². The van der Waals surface area contributed by atoms with Gasteiger partial charge in [-0.25, -0.2) is 4.98 Å². The molecule has 3 aromatic rings. The number of aromatic nitrogens is 2. The van der Waals surface area contributed by atoms with Gasteiger partial charge in [0.1, 0.15) is 0 Å². The summed E-state index contributed by atoms with van der Waals surface area (Å²) in [6.45, 7) is 1.88. The first-order valence-electron chi connectivity index (χ1n) is 11.3. The predicted octanol–water partition coefficient (Wildman–Crippen LogP) is 2.56. The van der Waals surface area contributed by atoms with Gasteiger partial charge in [-0.2, -0.15) is 0 Å². The molecule has 7 heteroatoms. The number of hydrogen-bond acceptors (Lipinski definition) is 4. The van der Waals surface area contributed by atoms with E-state index < -0.39 is 5.41 Å². The maximum atomic E-state index is 13.7. The summed E-state index contributed by atoms with van der Waals surface area (Å²) < 4.78 is 1.83. The van der Waals surface area contributed by atoms with Crippen LogP contribution in [-0.4, -0.2) is 50.2 Å². The molecule has 0 spiro atoms. The average Bonchev–Trinajstić information content (AvgIpc) is 3.45.